The van der Waals surface area contributed by atoms with Gasteiger partial charge in [0, 0.05) is 0 Å². The van der Waals surface area contributed by atoms with Crippen LogP contribution in [-0.4, -0.2) is 28.7 Å². The standard InChI is InChI=1S/C10H11NO2Se/c1-12-9-2-4-10(5-3-9)13-6-7-14-8-11/h2-5H,6-7H2,1H3. The Bertz CT molecular complexity index is 305. The second kappa shape index (κ2) is 6.31. The number of benzene rings is 1. The van der Waals surface area contributed by atoms with Crippen LogP contribution in [0.25, 0.3) is 0 Å². The van der Waals surface area contributed by atoms with Crippen molar-refractivity contribution in [3.05, 3.63) is 24.3 Å². The summed E-state index contributed by atoms with van der Waals surface area (Å²) in [5, 5.41) is 9.17. The van der Waals surface area contributed by atoms with Gasteiger partial charge in [-0.25, -0.2) is 0 Å². The summed E-state index contributed by atoms with van der Waals surface area (Å²) in [6.07, 6.45) is 0. The van der Waals surface area contributed by atoms with Crippen LogP contribution in [0.2, 0.25) is 5.32 Å². The fourth-order valence-electron chi connectivity index (χ4n) is 0.919. The number of nitrogens with zero attached hydrogens (tertiary/aromatic N) is 1. The second-order valence-corrected chi connectivity index (χ2v) is 4.31. The van der Waals surface area contributed by atoms with Crippen molar-refractivity contribution in [3.8, 4) is 16.5 Å². The minimum absolute atomic E-state index is 0.0481. The van der Waals surface area contributed by atoms with Crippen LogP contribution in [0.3, 0.4) is 0 Å². The summed E-state index contributed by atoms with van der Waals surface area (Å²) < 4.78 is 10.4. The third-order valence-corrected chi connectivity index (χ3v) is 2.63. The summed E-state index contributed by atoms with van der Waals surface area (Å²) in [5.74, 6) is 1.64. The van der Waals surface area contributed by atoms with E-state index in [-0.39, 0.29) is 15.0 Å². The van der Waals surface area contributed by atoms with Crippen LogP contribution < -0.4 is 9.47 Å². The summed E-state index contributed by atoms with van der Waals surface area (Å²) in [6.45, 7) is 0.611. The fourth-order valence-corrected chi connectivity index (χ4v) is 1.46. The van der Waals surface area contributed by atoms with Crippen molar-refractivity contribution in [2.24, 2.45) is 0 Å². The predicted octanol–water partition coefficient (Wildman–Crippen LogP) is 1.68. The van der Waals surface area contributed by atoms with Crippen molar-refractivity contribution in [1.29, 1.82) is 5.26 Å². The van der Waals surface area contributed by atoms with Gasteiger partial charge >= 0.3 is 89.5 Å². The topological polar surface area (TPSA) is 42.2 Å². The Morgan fingerprint density at radius 3 is 2.50 bits per heavy atom. The van der Waals surface area contributed by atoms with Gasteiger partial charge in [-0.3, -0.25) is 0 Å². The first-order valence-electron chi connectivity index (χ1n) is 4.14. The zero-order valence-electron chi connectivity index (χ0n) is 7.90. The van der Waals surface area contributed by atoms with E-state index in [4.69, 9.17) is 14.7 Å². The third-order valence-electron chi connectivity index (χ3n) is 1.58. The molecule has 1 rings (SSSR count). The summed E-state index contributed by atoms with van der Waals surface area (Å²) in [4.78, 5) is 2.13. The van der Waals surface area contributed by atoms with Gasteiger partial charge in [0.05, 0.1) is 0 Å². The molecule has 0 saturated carbocycles. The zero-order chi connectivity index (χ0) is 10.2. The molecule has 0 aromatic heterocycles. The first kappa shape index (κ1) is 10.9. The Labute approximate surface area is 89.8 Å². The molecule has 0 aliphatic carbocycles. The molecule has 74 valence electrons. The Balaban J connectivity index is 2.33. The van der Waals surface area contributed by atoms with Crippen LogP contribution in [0.1, 0.15) is 0 Å². The third kappa shape index (κ3) is 3.69. The molecule has 0 fully saturated rings. The maximum absolute atomic E-state index is 8.34. The van der Waals surface area contributed by atoms with Crippen molar-refractivity contribution in [2.45, 2.75) is 5.32 Å². The molecule has 0 spiro atoms. The van der Waals surface area contributed by atoms with E-state index in [0.717, 1.165) is 16.8 Å². The van der Waals surface area contributed by atoms with Crippen LogP contribution in [0.5, 0.6) is 11.5 Å². The molecular formula is C10H11NO2Se. The molecule has 0 atom stereocenters. The van der Waals surface area contributed by atoms with Crippen LogP contribution >= 0.6 is 0 Å². The maximum atomic E-state index is 8.34. The molecule has 0 heterocycles. The van der Waals surface area contributed by atoms with Gasteiger partial charge in [-0.2, -0.15) is 0 Å². The molecule has 0 aliphatic rings. The van der Waals surface area contributed by atoms with Gasteiger partial charge in [-0.05, 0) is 0 Å². The van der Waals surface area contributed by atoms with Crippen LogP contribution in [0.4, 0.5) is 0 Å². The van der Waals surface area contributed by atoms with Gasteiger partial charge in [0.15, 0.2) is 0 Å². The van der Waals surface area contributed by atoms with E-state index >= 15 is 0 Å². The van der Waals surface area contributed by atoms with Gasteiger partial charge in [0.25, 0.3) is 0 Å². The molecule has 0 amide bonds. The van der Waals surface area contributed by atoms with Gasteiger partial charge in [0.1, 0.15) is 0 Å². The molecule has 0 N–H and O–H groups in total. The van der Waals surface area contributed by atoms with Gasteiger partial charge in [-0.1, -0.05) is 0 Å². The molecule has 0 aliphatic heterocycles. The fraction of sp³-hybridized carbons (Fsp3) is 0.300. The first-order valence-corrected chi connectivity index (χ1v) is 6.21. The molecule has 14 heavy (non-hydrogen) atoms. The van der Waals surface area contributed by atoms with Crippen LogP contribution in [-0.2, 0) is 0 Å². The molecule has 1 aromatic carbocycles. The zero-order valence-corrected chi connectivity index (χ0v) is 9.61. The molecule has 0 saturated heterocycles. The summed E-state index contributed by atoms with van der Waals surface area (Å²) in [5.41, 5.74) is 0. The summed E-state index contributed by atoms with van der Waals surface area (Å²) in [6, 6.07) is 7.42. The quantitative estimate of drug-likeness (QED) is 0.594. The number of nitriles is 1. The Kier molecular flexibility index (Phi) is 4.91. The number of rotatable bonds is 5. The number of hydrogen-bond donors (Lipinski definition) is 0. The van der Waals surface area contributed by atoms with Gasteiger partial charge in [-0.15, -0.1) is 0 Å². The number of methoxy groups -OCH3 is 1. The Morgan fingerprint density at radius 1 is 1.29 bits per heavy atom. The molecule has 1 aromatic rings. The van der Waals surface area contributed by atoms with Gasteiger partial charge < -0.3 is 0 Å². The molecule has 0 bridgehead atoms. The van der Waals surface area contributed by atoms with Crippen molar-refractivity contribution in [2.75, 3.05) is 13.7 Å². The van der Waals surface area contributed by atoms with Gasteiger partial charge in [0.2, 0.25) is 0 Å². The molecule has 4 heteroatoms. The van der Waals surface area contributed by atoms with E-state index in [9.17, 15) is 0 Å². The van der Waals surface area contributed by atoms with E-state index in [1.54, 1.807) is 7.11 Å². The average Bonchev–Trinajstić information content (AvgIpc) is 2.25. The van der Waals surface area contributed by atoms with E-state index in [1.807, 2.05) is 24.3 Å². The van der Waals surface area contributed by atoms with Crippen LogP contribution in [0.15, 0.2) is 24.3 Å². The summed E-state index contributed by atoms with van der Waals surface area (Å²) in [7, 11) is 1.63. The number of hydrogen-bond acceptors (Lipinski definition) is 3. The number of ether oxygens (including phenoxy) is 2. The normalized spacial score (nSPS) is 9.14. The Hall–Kier alpha value is -1.17. The van der Waals surface area contributed by atoms with E-state index < -0.39 is 0 Å². The van der Waals surface area contributed by atoms with E-state index in [1.165, 1.54) is 0 Å². The first-order chi connectivity index (χ1) is 6.86. The van der Waals surface area contributed by atoms with Crippen LogP contribution in [0, 0.1) is 10.2 Å². The average molecular weight is 256 g/mol. The monoisotopic (exact) mass is 257 g/mol. The SMILES string of the molecule is COc1ccc(OCC[Se]C#N)cc1. The van der Waals surface area contributed by atoms with Crippen molar-refractivity contribution in [1.82, 2.24) is 0 Å². The van der Waals surface area contributed by atoms with Crippen molar-refractivity contribution >= 4 is 15.0 Å². The minimum atomic E-state index is 0.0481. The molecule has 0 radical (unpaired) electrons. The van der Waals surface area contributed by atoms with Crippen molar-refractivity contribution < 1.29 is 9.47 Å². The summed E-state index contributed by atoms with van der Waals surface area (Å²) >= 11 is 0.0481. The van der Waals surface area contributed by atoms with Crippen molar-refractivity contribution in [3.63, 3.8) is 0 Å². The van der Waals surface area contributed by atoms with E-state index in [2.05, 4.69) is 4.97 Å². The van der Waals surface area contributed by atoms with E-state index in [0.29, 0.717) is 6.61 Å². The second-order valence-electron chi connectivity index (χ2n) is 2.46. The predicted molar refractivity (Wildman–Crippen MR) is 54.7 cm³/mol. The molecular weight excluding hydrogens is 245 g/mol. The molecule has 0 unspecified atom stereocenters. The molecule has 3 nitrogen and oxygen atoms in total. The Morgan fingerprint density at radius 2 is 1.93 bits per heavy atom.